The predicted molar refractivity (Wildman–Crippen MR) is 45.5 cm³/mol. The van der Waals surface area contributed by atoms with Crippen LogP contribution < -0.4 is 5.73 Å². The molecule has 2 rings (SSSR count). The molecule has 0 saturated carbocycles. The number of hydrogen-bond acceptors (Lipinski definition) is 5. The van der Waals surface area contributed by atoms with Gasteiger partial charge in [-0.1, -0.05) is 5.16 Å². The van der Waals surface area contributed by atoms with Crippen LogP contribution in [0, 0.1) is 0 Å². The van der Waals surface area contributed by atoms with Crippen molar-refractivity contribution < 1.29 is 4.52 Å². The van der Waals surface area contributed by atoms with E-state index in [9.17, 15) is 0 Å². The highest BCUT2D eigenvalue weighted by Crippen LogP contribution is 2.23. The quantitative estimate of drug-likeness (QED) is 0.757. The first kappa shape index (κ1) is 7.45. The summed E-state index contributed by atoms with van der Waals surface area (Å²) in [7, 11) is 0. The zero-order chi connectivity index (χ0) is 8.39. The standard InChI is InChI=1S/C7H7N3OS/c8-2-5-1-6(11-10-5)7-3-9-4-12-7/h1,3-4H,2,8H2. The Labute approximate surface area is 73.0 Å². The summed E-state index contributed by atoms with van der Waals surface area (Å²) in [6.45, 7) is 0.405. The summed E-state index contributed by atoms with van der Waals surface area (Å²) in [5.41, 5.74) is 7.89. The minimum atomic E-state index is 0.405. The highest BCUT2D eigenvalue weighted by molar-refractivity contribution is 7.13. The molecule has 0 aliphatic carbocycles. The van der Waals surface area contributed by atoms with Gasteiger partial charge in [0, 0.05) is 18.8 Å². The van der Waals surface area contributed by atoms with Gasteiger partial charge in [-0.15, -0.1) is 11.3 Å². The van der Waals surface area contributed by atoms with E-state index in [1.54, 1.807) is 11.7 Å². The number of thiazole rings is 1. The molecule has 2 aromatic rings. The Kier molecular flexibility index (Phi) is 1.89. The van der Waals surface area contributed by atoms with E-state index in [0.717, 1.165) is 16.3 Å². The van der Waals surface area contributed by atoms with Gasteiger partial charge >= 0.3 is 0 Å². The molecular weight excluding hydrogens is 174 g/mol. The molecule has 0 amide bonds. The summed E-state index contributed by atoms with van der Waals surface area (Å²) in [6.07, 6.45) is 1.74. The van der Waals surface area contributed by atoms with Crippen LogP contribution in [-0.4, -0.2) is 10.1 Å². The number of aromatic nitrogens is 2. The average molecular weight is 181 g/mol. The summed E-state index contributed by atoms with van der Waals surface area (Å²) in [6, 6.07) is 1.83. The lowest BCUT2D eigenvalue weighted by Gasteiger charge is -1.81. The second kappa shape index (κ2) is 3.04. The molecule has 4 nitrogen and oxygen atoms in total. The van der Waals surface area contributed by atoms with Gasteiger partial charge in [0.2, 0.25) is 0 Å². The average Bonchev–Trinajstić information content (AvgIpc) is 2.75. The molecule has 0 saturated heterocycles. The normalized spacial score (nSPS) is 10.4. The molecule has 12 heavy (non-hydrogen) atoms. The Hall–Kier alpha value is -1.20. The van der Waals surface area contributed by atoms with Crippen LogP contribution in [0.15, 0.2) is 22.3 Å². The number of nitrogens with two attached hydrogens (primary N) is 1. The molecule has 0 aromatic carbocycles. The summed E-state index contributed by atoms with van der Waals surface area (Å²) in [4.78, 5) is 4.91. The van der Waals surface area contributed by atoms with Gasteiger partial charge in [0.1, 0.15) is 0 Å². The first-order valence-electron chi connectivity index (χ1n) is 3.44. The SMILES string of the molecule is NCc1cc(-c2cncs2)on1. The van der Waals surface area contributed by atoms with E-state index in [1.165, 1.54) is 11.3 Å². The summed E-state index contributed by atoms with van der Waals surface area (Å²) in [5, 5.41) is 3.77. The highest BCUT2D eigenvalue weighted by atomic mass is 32.1. The van der Waals surface area contributed by atoms with E-state index >= 15 is 0 Å². The maximum atomic E-state index is 5.38. The maximum absolute atomic E-state index is 5.38. The molecule has 0 aliphatic rings. The Balaban J connectivity index is 2.35. The van der Waals surface area contributed by atoms with Crippen molar-refractivity contribution in [1.29, 1.82) is 0 Å². The van der Waals surface area contributed by atoms with Gasteiger partial charge in [0.05, 0.1) is 16.1 Å². The fraction of sp³-hybridized carbons (Fsp3) is 0.143. The van der Waals surface area contributed by atoms with Crippen molar-refractivity contribution in [1.82, 2.24) is 10.1 Å². The monoisotopic (exact) mass is 181 g/mol. The van der Waals surface area contributed by atoms with Gasteiger partial charge < -0.3 is 10.3 Å². The molecule has 0 fully saturated rings. The van der Waals surface area contributed by atoms with Crippen LogP contribution in [0.3, 0.4) is 0 Å². The van der Waals surface area contributed by atoms with Crippen molar-refractivity contribution in [3.63, 3.8) is 0 Å². The number of rotatable bonds is 2. The van der Waals surface area contributed by atoms with Gasteiger partial charge in [-0.05, 0) is 0 Å². The fourth-order valence-corrected chi connectivity index (χ4v) is 1.43. The molecule has 0 atom stereocenters. The number of hydrogen-bond donors (Lipinski definition) is 1. The van der Waals surface area contributed by atoms with Crippen molar-refractivity contribution in [3.8, 4) is 10.6 Å². The van der Waals surface area contributed by atoms with Crippen LogP contribution in [0.25, 0.3) is 10.6 Å². The van der Waals surface area contributed by atoms with Gasteiger partial charge in [0.15, 0.2) is 5.76 Å². The Morgan fingerprint density at radius 2 is 2.50 bits per heavy atom. The van der Waals surface area contributed by atoms with Crippen molar-refractivity contribution in [2.75, 3.05) is 0 Å². The molecule has 2 N–H and O–H groups in total. The van der Waals surface area contributed by atoms with Crippen molar-refractivity contribution in [2.24, 2.45) is 5.73 Å². The van der Waals surface area contributed by atoms with Crippen LogP contribution in [0.1, 0.15) is 5.69 Å². The summed E-state index contributed by atoms with van der Waals surface area (Å²) in [5.74, 6) is 0.734. The minimum absolute atomic E-state index is 0.405. The molecule has 0 radical (unpaired) electrons. The van der Waals surface area contributed by atoms with Crippen molar-refractivity contribution in [3.05, 3.63) is 23.5 Å². The van der Waals surface area contributed by atoms with E-state index in [-0.39, 0.29) is 0 Å². The Morgan fingerprint density at radius 1 is 1.58 bits per heavy atom. The lowest BCUT2D eigenvalue weighted by atomic mass is 10.3. The lowest BCUT2D eigenvalue weighted by Crippen LogP contribution is -1.94. The molecule has 2 aromatic heterocycles. The Bertz CT molecular complexity index is 354. The summed E-state index contributed by atoms with van der Waals surface area (Å²) < 4.78 is 5.04. The zero-order valence-electron chi connectivity index (χ0n) is 6.23. The molecule has 0 bridgehead atoms. The minimum Gasteiger partial charge on any atom is -0.355 e. The van der Waals surface area contributed by atoms with E-state index in [1.807, 2.05) is 6.07 Å². The summed E-state index contributed by atoms with van der Waals surface area (Å²) >= 11 is 1.51. The molecule has 0 spiro atoms. The van der Waals surface area contributed by atoms with Gasteiger partial charge in [-0.25, -0.2) is 0 Å². The van der Waals surface area contributed by atoms with Crippen LogP contribution in [-0.2, 0) is 6.54 Å². The fourth-order valence-electron chi connectivity index (χ4n) is 0.862. The predicted octanol–water partition coefficient (Wildman–Crippen LogP) is 1.26. The molecule has 5 heteroatoms. The van der Waals surface area contributed by atoms with Crippen LogP contribution in [0.2, 0.25) is 0 Å². The first-order valence-corrected chi connectivity index (χ1v) is 4.32. The van der Waals surface area contributed by atoms with E-state index in [4.69, 9.17) is 10.3 Å². The van der Waals surface area contributed by atoms with Gasteiger partial charge in [0.25, 0.3) is 0 Å². The van der Waals surface area contributed by atoms with Crippen LogP contribution in [0.4, 0.5) is 0 Å². The maximum Gasteiger partial charge on any atom is 0.178 e. The Morgan fingerprint density at radius 3 is 3.08 bits per heavy atom. The third-order valence-corrected chi connectivity index (χ3v) is 2.23. The number of nitrogens with zero attached hydrogens (tertiary/aromatic N) is 2. The lowest BCUT2D eigenvalue weighted by molar-refractivity contribution is 0.424. The smallest absolute Gasteiger partial charge is 0.178 e. The second-order valence-corrected chi connectivity index (χ2v) is 3.14. The largest absolute Gasteiger partial charge is 0.355 e. The molecule has 0 unspecified atom stereocenters. The van der Waals surface area contributed by atoms with Crippen molar-refractivity contribution in [2.45, 2.75) is 6.54 Å². The second-order valence-electron chi connectivity index (χ2n) is 2.25. The van der Waals surface area contributed by atoms with Crippen LogP contribution >= 0.6 is 11.3 Å². The molecule has 62 valence electrons. The molecule has 0 aliphatic heterocycles. The van der Waals surface area contributed by atoms with Gasteiger partial charge in [-0.2, -0.15) is 0 Å². The molecular formula is C7H7N3OS. The van der Waals surface area contributed by atoms with Crippen molar-refractivity contribution >= 4 is 11.3 Å². The van der Waals surface area contributed by atoms with Gasteiger partial charge in [-0.3, -0.25) is 4.98 Å². The highest BCUT2D eigenvalue weighted by Gasteiger charge is 2.05. The topological polar surface area (TPSA) is 64.9 Å². The van der Waals surface area contributed by atoms with E-state index in [2.05, 4.69) is 10.1 Å². The first-order chi connectivity index (χ1) is 5.90. The third kappa shape index (κ3) is 1.24. The zero-order valence-corrected chi connectivity index (χ0v) is 7.04. The molecule has 2 heterocycles. The van der Waals surface area contributed by atoms with E-state index < -0.39 is 0 Å². The third-order valence-electron chi connectivity index (χ3n) is 1.44. The van der Waals surface area contributed by atoms with Crippen LogP contribution in [0.5, 0.6) is 0 Å². The van der Waals surface area contributed by atoms with E-state index in [0.29, 0.717) is 6.54 Å².